The van der Waals surface area contributed by atoms with Crippen LogP contribution in [0.2, 0.25) is 0 Å². The minimum absolute atomic E-state index is 0.333. The maximum absolute atomic E-state index is 13.1. The van der Waals surface area contributed by atoms with E-state index in [-0.39, 0.29) is 5.91 Å². The topological polar surface area (TPSA) is 111 Å². The van der Waals surface area contributed by atoms with Crippen LogP contribution in [-0.2, 0) is 4.74 Å². The molecule has 4 N–H and O–H groups in total. The van der Waals surface area contributed by atoms with Gasteiger partial charge in [-0.05, 0) is 24.3 Å². The minimum atomic E-state index is -0.595. The van der Waals surface area contributed by atoms with Crippen LogP contribution in [0, 0.1) is 5.95 Å². The molecule has 0 saturated carbocycles. The lowest BCUT2D eigenvalue weighted by Crippen LogP contribution is -2.12. The first-order valence-corrected chi connectivity index (χ1v) is 9.04. The van der Waals surface area contributed by atoms with Gasteiger partial charge in [0.25, 0.3) is 5.91 Å². The first kappa shape index (κ1) is 19.5. The van der Waals surface area contributed by atoms with Crippen molar-refractivity contribution < 1.29 is 18.7 Å². The first-order chi connectivity index (χ1) is 13.5. The Bertz CT molecular complexity index is 966. The lowest BCUT2D eigenvalue weighted by Gasteiger charge is -2.10. The third-order valence-electron chi connectivity index (χ3n) is 3.54. The molecule has 146 valence electrons. The van der Waals surface area contributed by atoms with Gasteiger partial charge < -0.3 is 25.8 Å². The largest absolute Gasteiger partial charge is 0.489 e. The Morgan fingerprint density at radius 1 is 1.25 bits per heavy atom. The number of ether oxygens (including phenoxy) is 2. The summed E-state index contributed by atoms with van der Waals surface area (Å²) < 4.78 is 23.5. The molecule has 2 heterocycles. The van der Waals surface area contributed by atoms with Gasteiger partial charge in [-0.3, -0.25) is 4.79 Å². The number of aromatic nitrogens is 2. The second-order valence-electron chi connectivity index (χ2n) is 5.57. The van der Waals surface area contributed by atoms with Gasteiger partial charge >= 0.3 is 0 Å². The Morgan fingerprint density at radius 2 is 2.11 bits per heavy atom. The number of nitrogens with zero attached hydrogens (tertiary/aromatic N) is 2. The summed E-state index contributed by atoms with van der Waals surface area (Å²) in [7, 11) is 1.58. The van der Waals surface area contributed by atoms with Crippen molar-refractivity contribution in [2.75, 3.05) is 36.7 Å². The number of thiazole rings is 1. The lowest BCUT2D eigenvalue weighted by atomic mass is 10.2. The number of nitrogens with two attached hydrogens (primary N) is 1. The molecule has 0 bridgehead atoms. The van der Waals surface area contributed by atoms with E-state index in [0.717, 1.165) is 0 Å². The van der Waals surface area contributed by atoms with Crippen LogP contribution in [0.15, 0.2) is 42.7 Å². The van der Waals surface area contributed by atoms with Gasteiger partial charge in [-0.25, -0.2) is 9.97 Å². The lowest BCUT2D eigenvalue weighted by molar-refractivity contribution is 0.102. The zero-order chi connectivity index (χ0) is 19.9. The van der Waals surface area contributed by atoms with Gasteiger partial charge in [0.2, 0.25) is 5.95 Å². The molecule has 2 aromatic heterocycles. The number of anilines is 4. The van der Waals surface area contributed by atoms with Crippen LogP contribution < -0.4 is 21.1 Å². The molecule has 3 rings (SSSR count). The van der Waals surface area contributed by atoms with Gasteiger partial charge in [-0.15, -0.1) is 0 Å². The van der Waals surface area contributed by atoms with Crippen LogP contribution in [0.1, 0.15) is 10.4 Å². The van der Waals surface area contributed by atoms with Crippen molar-refractivity contribution in [1.29, 1.82) is 0 Å². The van der Waals surface area contributed by atoms with Gasteiger partial charge in [0.15, 0.2) is 5.13 Å². The number of nitrogens with one attached hydrogen (secondary N) is 2. The van der Waals surface area contributed by atoms with E-state index in [4.69, 9.17) is 15.2 Å². The standard InChI is InChI=1S/C18H18FN5O3S/c1-26-6-7-27-14-3-2-11(8-13(14)20)17(25)24-16-10-22-18(28-16)23-12-4-5-21-15(19)9-12/h2-5,8-10H,6-7,20H2,1H3,(H,24,25)(H,21,22,23). The van der Waals surface area contributed by atoms with Crippen LogP contribution in [0.5, 0.6) is 5.75 Å². The summed E-state index contributed by atoms with van der Waals surface area (Å²) in [4.78, 5) is 20.1. The number of methoxy groups -OCH3 is 1. The number of rotatable bonds is 8. The summed E-state index contributed by atoms with van der Waals surface area (Å²) in [5.74, 6) is -0.440. The van der Waals surface area contributed by atoms with E-state index >= 15 is 0 Å². The predicted molar refractivity (Wildman–Crippen MR) is 106 cm³/mol. The molecule has 8 nitrogen and oxygen atoms in total. The molecule has 1 amide bonds. The molecular formula is C18H18FN5O3S. The molecule has 10 heteroatoms. The van der Waals surface area contributed by atoms with Crippen molar-refractivity contribution in [1.82, 2.24) is 9.97 Å². The van der Waals surface area contributed by atoms with E-state index in [1.165, 1.54) is 35.9 Å². The summed E-state index contributed by atoms with van der Waals surface area (Å²) in [6.07, 6.45) is 2.86. The summed E-state index contributed by atoms with van der Waals surface area (Å²) >= 11 is 1.21. The third-order valence-corrected chi connectivity index (χ3v) is 4.37. The van der Waals surface area contributed by atoms with Crippen LogP contribution >= 0.6 is 11.3 Å². The molecule has 0 saturated heterocycles. The van der Waals surface area contributed by atoms with Crippen LogP contribution in [0.3, 0.4) is 0 Å². The van der Waals surface area contributed by atoms with E-state index in [1.807, 2.05) is 0 Å². The molecule has 0 aliphatic rings. The Hall–Kier alpha value is -3.24. The fraction of sp³-hybridized carbons (Fsp3) is 0.167. The molecule has 0 aliphatic heterocycles. The zero-order valence-electron chi connectivity index (χ0n) is 14.9. The van der Waals surface area contributed by atoms with Crippen molar-refractivity contribution in [3.8, 4) is 5.75 Å². The fourth-order valence-electron chi connectivity index (χ4n) is 2.23. The average molecular weight is 403 g/mol. The van der Waals surface area contributed by atoms with Crippen molar-refractivity contribution in [3.63, 3.8) is 0 Å². The molecular weight excluding hydrogens is 385 g/mol. The number of hydrogen-bond donors (Lipinski definition) is 3. The molecule has 0 unspecified atom stereocenters. The van der Waals surface area contributed by atoms with Crippen molar-refractivity contribution in [2.24, 2.45) is 0 Å². The van der Waals surface area contributed by atoms with Gasteiger partial charge in [0.1, 0.15) is 17.4 Å². The maximum Gasteiger partial charge on any atom is 0.256 e. The van der Waals surface area contributed by atoms with Crippen molar-refractivity contribution in [2.45, 2.75) is 0 Å². The van der Waals surface area contributed by atoms with Crippen LogP contribution in [0.4, 0.5) is 25.9 Å². The third kappa shape index (κ3) is 5.15. The zero-order valence-corrected chi connectivity index (χ0v) is 15.8. The number of halogens is 1. The fourth-order valence-corrected chi connectivity index (χ4v) is 2.97. The normalized spacial score (nSPS) is 10.5. The molecule has 0 fully saturated rings. The van der Waals surface area contributed by atoms with Crippen molar-refractivity contribution in [3.05, 3.63) is 54.2 Å². The molecule has 0 atom stereocenters. The molecule has 0 spiro atoms. The van der Waals surface area contributed by atoms with Crippen LogP contribution in [-0.4, -0.2) is 36.2 Å². The number of carbonyl (C=O) groups excluding carboxylic acids is 1. The highest BCUT2D eigenvalue weighted by atomic mass is 32.1. The Kier molecular flexibility index (Phi) is 6.35. The minimum Gasteiger partial charge on any atom is -0.489 e. The maximum atomic E-state index is 13.1. The van der Waals surface area contributed by atoms with Gasteiger partial charge in [0.05, 0.1) is 18.5 Å². The SMILES string of the molecule is COCCOc1ccc(C(=O)Nc2cnc(Nc3ccnc(F)c3)s2)cc1N. The smallest absolute Gasteiger partial charge is 0.256 e. The number of benzene rings is 1. The summed E-state index contributed by atoms with van der Waals surface area (Å²) in [6, 6.07) is 7.66. The van der Waals surface area contributed by atoms with Crippen LogP contribution in [0.25, 0.3) is 0 Å². The van der Waals surface area contributed by atoms with Gasteiger partial charge in [0, 0.05) is 30.6 Å². The van der Waals surface area contributed by atoms with Gasteiger partial charge in [-0.1, -0.05) is 11.3 Å². The molecule has 3 aromatic rings. The first-order valence-electron chi connectivity index (χ1n) is 8.22. The summed E-state index contributed by atoms with van der Waals surface area (Å²) in [5, 5.41) is 6.73. The molecule has 28 heavy (non-hydrogen) atoms. The highest BCUT2D eigenvalue weighted by Gasteiger charge is 2.11. The second-order valence-corrected chi connectivity index (χ2v) is 6.60. The van der Waals surface area contributed by atoms with E-state index in [1.54, 1.807) is 25.3 Å². The number of carbonyl (C=O) groups is 1. The number of nitrogen functional groups attached to an aromatic ring is 1. The number of amides is 1. The number of pyridine rings is 1. The van der Waals surface area contributed by atoms with E-state index in [9.17, 15) is 9.18 Å². The Balaban J connectivity index is 1.62. The Morgan fingerprint density at radius 3 is 2.86 bits per heavy atom. The highest BCUT2D eigenvalue weighted by Crippen LogP contribution is 2.28. The predicted octanol–water partition coefficient (Wildman–Crippen LogP) is 3.28. The molecule has 0 aliphatic carbocycles. The molecule has 1 aromatic carbocycles. The van der Waals surface area contributed by atoms with Gasteiger partial charge in [-0.2, -0.15) is 4.39 Å². The van der Waals surface area contributed by atoms with Crippen molar-refractivity contribution >= 4 is 38.8 Å². The average Bonchev–Trinajstić information content (AvgIpc) is 3.10. The van der Waals surface area contributed by atoms with E-state index in [2.05, 4.69) is 20.6 Å². The van der Waals surface area contributed by atoms with E-state index in [0.29, 0.717) is 46.0 Å². The number of hydrogen-bond acceptors (Lipinski definition) is 8. The highest BCUT2D eigenvalue weighted by molar-refractivity contribution is 7.19. The summed E-state index contributed by atoms with van der Waals surface area (Å²) in [5.41, 5.74) is 7.19. The summed E-state index contributed by atoms with van der Waals surface area (Å²) in [6.45, 7) is 0.805. The van der Waals surface area contributed by atoms with E-state index < -0.39 is 5.95 Å². The quantitative estimate of drug-likeness (QED) is 0.301. The second kappa shape index (κ2) is 9.11. The molecule has 0 radical (unpaired) electrons. The Labute approximate surface area is 164 Å². The monoisotopic (exact) mass is 403 g/mol.